The lowest BCUT2D eigenvalue weighted by Gasteiger charge is -2.09. The van der Waals surface area contributed by atoms with Crippen LogP contribution in [0.2, 0.25) is 0 Å². The minimum Gasteiger partial charge on any atom is -0.383 e. The van der Waals surface area contributed by atoms with Crippen molar-refractivity contribution in [1.82, 2.24) is 10.6 Å². The van der Waals surface area contributed by atoms with E-state index in [0.29, 0.717) is 6.10 Å². The first kappa shape index (κ1) is 13.9. The van der Waals surface area contributed by atoms with Gasteiger partial charge in [0.1, 0.15) is 0 Å². The number of methoxy groups -OCH3 is 1. The van der Waals surface area contributed by atoms with Crippen molar-refractivity contribution in [2.45, 2.75) is 31.8 Å². The molecule has 1 fully saturated rings. The normalized spacial score (nSPS) is 20.4. The monoisotopic (exact) mass is 230 g/mol. The van der Waals surface area contributed by atoms with Crippen LogP contribution in [-0.2, 0) is 9.47 Å². The molecule has 1 aliphatic heterocycles. The Labute approximate surface area is 99.1 Å². The molecule has 16 heavy (non-hydrogen) atoms. The number of ether oxygens (including phenoxy) is 2. The van der Waals surface area contributed by atoms with Crippen molar-refractivity contribution < 1.29 is 9.47 Å². The van der Waals surface area contributed by atoms with Crippen LogP contribution >= 0.6 is 0 Å². The number of hydrogen-bond acceptors (Lipinski definition) is 4. The summed E-state index contributed by atoms with van der Waals surface area (Å²) >= 11 is 0. The quantitative estimate of drug-likeness (QED) is 0.544. The minimum absolute atomic E-state index is 0.543. The average molecular weight is 230 g/mol. The highest BCUT2D eigenvalue weighted by Gasteiger charge is 2.13. The second-order valence-electron chi connectivity index (χ2n) is 4.27. The lowest BCUT2D eigenvalue weighted by Crippen LogP contribution is -2.30. The molecule has 1 atom stereocenters. The lowest BCUT2D eigenvalue weighted by molar-refractivity contribution is 0.102. The van der Waals surface area contributed by atoms with Crippen molar-refractivity contribution in [3.8, 4) is 0 Å². The largest absolute Gasteiger partial charge is 0.383 e. The molecule has 0 aromatic heterocycles. The average Bonchev–Trinajstić information content (AvgIpc) is 2.80. The topological polar surface area (TPSA) is 42.5 Å². The highest BCUT2D eigenvalue weighted by Crippen LogP contribution is 2.16. The third-order valence-corrected chi connectivity index (χ3v) is 2.87. The maximum Gasteiger partial charge on any atom is 0.0587 e. The van der Waals surface area contributed by atoms with Gasteiger partial charge in [0.05, 0.1) is 12.7 Å². The molecule has 0 saturated carbocycles. The van der Waals surface area contributed by atoms with Gasteiger partial charge in [-0.2, -0.15) is 0 Å². The van der Waals surface area contributed by atoms with E-state index in [1.165, 1.54) is 25.7 Å². The van der Waals surface area contributed by atoms with Gasteiger partial charge in [-0.05, 0) is 32.2 Å². The highest BCUT2D eigenvalue weighted by molar-refractivity contribution is 4.65. The van der Waals surface area contributed by atoms with Gasteiger partial charge in [-0.15, -0.1) is 0 Å². The summed E-state index contributed by atoms with van der Waals surface area (Å²) in [4.78, 5) is 0. The molecule has 0 bridgehead atoms. The van der Waals surface area contributed by atoms with Crippen LogP contribution in [-0.4, -0.2) is 52.6 Å². The minimum atomic E-state index is 0.543. The fourth-order valence-corrected chi connectivity index (χ4v) is 1.93. The summed E-state index contributed by atoms with van der Waals surface area (Å²) in [6.07, 6.45) is 5.49. The molecule has 1 saturated heterocycles. The van der Waals surface area contributed by atoms with Crippen LogP contribution in [0.25, 0.3) is 0 Å². The van der Waals surface area contributed by atoms with Crippen LogP contribution in [0, 0.1) is 0 Å². The predicted molar refractivity (Wildman–Crippen MR) is 65.8 cm³/mol. The van der Waals surface area contributed by atoms with Gasteiger partial charge in [-0.25, -0.2) is 0 Å². The molecule has 0 amide bonds. The molecule has 0 aromatic carbocycles. The molecule has 0 aromatic rings. The first-order valence-electron chi connectivity index (χ1n) is 6.45. The van der Waals surface area contributed by atoms with Crippen LogP contribution in [0.1, 0.15) is 25.7 Å². The van der Waals surface area contributed by atoms with E-state index in [9.17, 15) is 0 Å². The van der Waals surface area contributed by atoms with Gasteiger partial charge in [0.25, 0.3) is 0 Å². The Morgan fingerprint density at radius 1 is 1.19 bits per heavy atom. The van der Waals surface area contributed by atoms with E-state index in [1.54, 1.807) is 7.11 Å². The van der Waals surface area contributed by atoms with Gasteiger partial charge in [0, 0.05) is 33.4 Å². The first-order valence-corrected chi connectivity index (χ1v) is 6.45. The molecule has 0 spiro atoms. The molecule has 1 aliphatic rings. The zero-order valence-electron chi connectivity index (χ0n) is 10.5. The predicted octanol–water partition coefficient (Wildman–Crippen LogP) is 0.771. The Morgan fingerprint density at radius 2 is 2.00 bits per heavy atom. The summed E-state index contributed by atoms with van der Waals surface area (Å²) in [7, 11) is 1.73. The van der Waals surface area contributed by atoms with E-state index in [1.807, 2.05) is 0 Å². The van der Waals surface area contributed by atoms with E-state index in [4.69, 9.17) is 9.47 Å². The van der Waals surface area contributed by atoms with Crippen LogP contribution in [0.15, 0.2) is 0 Å². The van der Waals surface area contributed by atoms with Crippen molar-refractivity contribution in [3.05, 3.63) is 0 Å². The van der Waals surface area contributed by atoms with E-state index in [-0.39, 0.29) is 0 Å². The van der Waals surface area contributed by atoms with Crippen LogP contribution in [0.4, 0.5) is 0 Å². The maximum absolute atomic E-state index is 5.57. The zero-order valence-corrected chi connectivity index (χ0v) is 10.5. The summed E-state index contributed by atoms with van der Waals surface area (Å²) in [6, 6.07) is 0. The Bertz CT molecular complexity index is 150. The molecule has 0 radical (unpaired) electrons. The number of hydrogen-bond donors (Lipinski definition) is 2. The lowest BCUT2D eigenvalue weighted by atomic mass is 10.1. The third-order valence-electron chi connectivity index (χ3n) is 2.87. The van der Waals surface area contributed by atoms with E-state index in [0.717, 1.165) is 39.4 Å². The van der Waals surface area contributed by atoms with Crippen molar-refractivity contribution in [2.24, 2.45) is 0 Å². The molecule has 1 unspecified atom stereocenters. The van der Waals surface area contributed by atoms with Gasteiger partial charge in [-0.1, -0.05) is 0 Å². The highest BCUT2D eigenvalue weighted by atomic mass is 16.5. The van der Waals surface area contributed by atoms with E-state index < -0.39 is 0 Å². The van der Waals surface area contributed by atoms with Gasteiger partial charge < -0.3 is 20.1 Å². The van der Waals surface area contributed by atoms with Gasteiger partial charge >= 0.3 is 0 Å². The van der Waals surface area contributed by atoms with Gasteiger partial charge in [0.15, 0.2) is 0 Å². The Kier molecular flexibility index (Phi) is 8.71. The van der Waals surface area contributed by atoms with E-state index in [2.05, 4.69) is 10.6 Å². The number of nitrogens with one attached hydrogen (secondary N) is 2. The second-order valence-corrected chi connectivity index (χ2v) is 4.27. The summed E-state index contributed by atoms with van der Waals surface area (Å²) in [6.45, 7) is 5.86. The van der Waals surface area contributed by atoms with Crippen molar-refractivity contribution in [2.75, 3.05) is 46.5 Å². The molecule has 4 heteroatoms. The van der Waals surface area contributed by atoms with Crippen LogP contribution in [0.5, 0.6) is 0 Å². The summed E-state index contributed by atoms with van der Waals surface area (Å²) in [5, 5.41) is 6.73. The SMILES string of the molecule is COCCNCCNCCCC1CCCO1. The van der Waals surface area contributed by atoms with Crippen molar-refractivity contribution in [1.29, 1.82) is 0 Å². The standard InChI is InChI=1S/C12H26N2O2/c1-15-11-9-14-8-7-13-6-2-4-12-5-3-10-16-12/h12-14H,2-11H2,1H3. The molecule has 2 N–H and O–H groups in total. The van der Waals surface area contributed by atoms with Gasteiger partial charge in [-0.3, -0.25) is 0 Å². The molecule has 4 nitrogen and oxygen atoms in total. The summed E-state index contributed by atoms with van der Waals surface area (Å²) in [5.74, 6) is 0. The third kappa shape index (κ3) is 7.17. The van der Waals surface area contributed by atoms with Crippen molar-refractivity contribution in [3.63, 3.8) is 0 Å². The fraction of sp³-hybridized carbons (Fsp3) is 1.00. The fourth-order valence-electron chi connectivity index (χ4n) is 1.93. The van der Waals surface area contributed by atoms with E-state index >= 15 is 0 Å². The summed E-state index contributed by atoms with van der Waals surface area (Å²) < 4.78 is 10.5. The maximum atomic E-state index is 5.57. The first-order chi connectivity index (χ1) is 7.93. The molecule has 1 heterocycles. The Morgan fingerprint density at radius 3 is 2.69 bits per heavy atom. The molecule has 96 valence electrons. The zero-order chi connectivity index (χ0) is 11.5. The summed E-state index contributed by atoms with van der Waals surface area (Å²) in [5.41, 5.74) is 0. The van der Waals surface area contributed by atoms with Crippen LogP contribution < -0.4 is 10.6 Å². The molecular weight excluding hydrogens is 204 g/mol. The molecule has 1 rings (SSSR count). The number of rotatable bonds is 10. The van der Waals surface area contributed by atoms with Crippen LogP contribution in [0.3, 0.4) is 0 Å². The Hall–Kier alpha value is -0.160. The smallest absolute Gasteiger partial charge is 0.0587 e. The Balaban J connectivity index is 1.71. The molecular formula is C12H26N2O2. The van der Waals surface area contributed by atoms with Crippen molar-refractivity contribution >= 4 is 0 Å². The second kappa shape index (κ2) is 10.0. The van der Waals surface area contributed by atoms with Gasteiger partial charge in [0.2, 0.25) is 0 Å². The molecule has 0 aliphatic carbocycles.